The molecule has 0 aliphatic heterocycles. The van der Waals surface area contributed by atoms with Gasteiger partial charge in [-0.1, -0.05) is 43.0 Å². The molecule has 0 atom stereocenters. The minimum atomic E-state index is -0.611. The van der Waals surface area contributed by atoms with Crippen molar-refractivity contribution in [3.63, 3.8) is 0 Å². The second-order valence-electron chi connectivity index (χ2n) is 6.57. The normalized spacial score (nSPS) is 12.2. The van der Waals surface area contributed by atoms with Crippen LogP contribution >= 0.6 is 0 Å². The molecule has 1 aliphatic carbocycles. The lowest BCUT2D eigenvalue weighted by Crippen LogP contribution is -2.31. The highest BCUT2D eigenvalue weighted by atomic mass is 16.6. The number of nitrogens with one attached hydrogen (secondary N) is 1. The first-order chi connectivity index (χ1) is 14.7. The lowest BCUT2D eigenvalue weighted by atomic mass is 9.90. The zero-order valence-electron chi connectivity index (χ0n) is 16.9. The molecule has 0 heterocycles. The molecule has 0 bridgehead atoms. The topological polar surface area (TPSA) is 83.1 Å². The molecule has 0 saturated heterocycles. The van der Waals surface area contributed by atoms with E-state index in [4.69, 9.17) is 18.9 Å². The van der Waals surface area contributed by atoms with Crippen LogP contribution in [0.5, 0.6) is 11.5 Å². The van der Waals surface area contributed by atoms with Crippen molar-refractivity contribution < 1.29 is 28.5 Å². The number of hydrogen-bond acceptors (Lipinski definition) is 6. The summed E-state index contributed by atoms with van der Waals surface area (Å²) in [7, 11) is 1.63. The lowest BCUT2D eigenvalue weighted by molar-refractivity contribution is -0.137. The van der Waals surface area contributed by atoms with Gasteiger partial charge in [-0.3, -0.25) is 0 Å². The van der Waals surface area contributed by atoms with Crippen molar-refractivity contribution in [3.8, 4) is 11.5 Å². The molecule has 0 radical (unpaired) electrons. The van der Waals surface area contributed by atoms with Gasteiger partial charge in [0.1, 0.15) is 24.7 Å². The Labute approximate surface area is 175 Å². The summed E-state index contributed by atoms with van der Waals surface area (Å²) < 4.78 is 21.7. The number of fused-ring (bicyclic) bond motifs is 2. The molecule has 0 fully saturated rings. The highest BCUT2D eigenvalue weighted by Crippen LogP contribution is 2.43. The number of carbonyl (C=O) groups is 2. The maximum atomic E-state index is 12.4. The van der Waals surface area contributed by atoms with Gasteiger partial charge in [0.2, 0.25) is 0 Å². The predicted octanol–water partition coefficient (Wildman–Crippen LogP) is 3.34. The third kappa shape index (κ3) is 4.99. The van der Waals surface area contributed by atoms with Crippen LogP contribution in [-0.2, 0) is 27.1 Å². The number of amides is 1. The number of esters is 1. The van der Waals surface area contributed by atoms with Gasteiger partial charge in [-0.05, 0) is 12.8 Å². The molecule has 1 aliphatic rings. The van der Waals surface area contributed by atoms with Crippen molar-refractivity contribution in [2.75, 3.05) is 33.5 Å². The van der Waals surface area contributed by atoms with Crippen LogP contribution in [0.15, 0.2) is 49.1 Å². The molecule has 7 heteroatoms. The molecular weight excluding hydrogens is 386 g/mol. The molecule has 0 saturated carbocycles. The molecule has 30 heavy (non-hydrogen) atoms. The SMILES string of the molecule is C=CC(=O)OCCNC(=O)Oc1c2c(c(OCCOC)c3ccccc13)CC=CC2. The molecule has 7 nitrogen and oxygen atoms in total. The first-order valence-electron chi connectivity index (χ1n) is 9.73. The van der Waals surface area contributed by atoms with Crippen molar-refractivity contribution in [2.45, 2.75) is 12.8 Å². The fraction of sp³-hybridized carbons (Fsp3) is 0.304. The average Bonchev–Trinajstić information content (AvgIpc) is 2.78. The molecular formula is C23H25NO6. The average molecular weight is 411 g/mol. The predicted molar refractivity (Wildman–Crippen MR) is 113 cm³/mol. The van der Waals surface area contributed by atoms with Crippen LogP contribution in [0.3, 0.4) is 0 Å². The van der Waals surface area contributed by atoms with Gasteiger partial charge in [0.25, 0.3) is 0 Å². The summed E-state index contributed by atoms with van der Waals surface area (Å²) >= 11 is 0. The maximum Gasteiger partial charge on any atom is 0.412 e. The summed E-state index contributed by atoms with van der Waals surface area (Å²) in [6.45, 7) is 4.41. The van der Waals surface area contributed by atoms with E-state index >= 15 is 0 Å². The van der Waals surface area contributed by atoms with Gasteiger partial charge in [0.05, 0.1) is 13.2 Å². The van der Waals surface area contributed by atoms with Crippen molar-refractivity contribution in [1.82, 2.24) is 5.32 Å². The van der Waals surface area contributed by atoms with Gasteiger partial charge in [-0.25, -0.2) is 9.59 Å². The summed E-state index contributed by atoms with van der Waals surface area (Å²) in [4.78, 5) is 23.5. The van der Waals surface area contributed by atoms with Crippen LogP contribution in [-0.4, -0.2) is 45.5 Å². The second kappa shape index (κ2) is 10.5. The molecule has 2 aromatic carbocycles. The number of methoxy groups -OCH3 is 1. The van der Waals surface area contributed by atoms with Crippen LogP contribution in [0.4, 0.5) is 4.79 Å². The lowest BCUT2D eigenvalue weighted by Gasteiger charge is -2.23. The third-order valence-corrected chi connectivity index (χ3v) is 4.65. The smallest absolute Gasteiger partial charge is 0.412 e. The van der Waals surface area contributed by atoms with Crippen molar-refractivity contribution in [2.24, 2.45) is 0 Å². The van der Waals surface area contributed by atoms with Crippen molar-refractivity contribution in [3.05, 3.63) is 60.2 Å². The molecule has 1 amide bonds. The van der Waals surface area contributed by atoms with Crippen LogP contribution in [0.25, 0.3) is 10.8 Å². The summed E-state index contributed by atoms with van der Waals surface area (Å²) in [5.74, 6) is 0.775. The van der Waals surface area contributed by atoms with Crippen molar-refractivity contribution >= 4 is 22.8 Å². The number of allylic oxidation sites excluding steroid dienone is 2. The number of rotatable bonds is 9. The Bertz CT molecular complexity index is 966. The van der Waals surface area contributed by atoms with Crippen LogP contribution in [0, 0.1) is 0 Å². The number of ether oxygens (including phenoxy) is 4. The standard InChI is InChI=1S/C23H25NO6/c1-3-20(25)28-13-12-24-23(26)30-22-18-10-6-4-8-16(18)21(29-15-14-27-2)17-9-5-7-11-19(17)22/h3-8,10H,1,9,11-15H2,2H3,(H,24,26). The zero-order chi connectivity index (χ0) is 21.3. The van der Waals surface area contributed by atoms with E-state index in [9.17, 15) is 9.59 Å². The monoisotopic (exact) mass is 411 g/mol. The van der Waals surface area contributed by atoms with Crippen molar-refractivity contribution in [1.29, 1.82) is 0 Å². The van der Waals surface area contributed by atoms with Gasteiger partial charge >= 0.3 is 12.1 Å². The molecule has 0 unspecified atom stereocenters. The van der Waals surface area contributed by atoms with E-state index in [1.165, 1.54) is 0 Å². The van der Waals surface area contributed by atoms with Gasteiger partial charge in [0, 0.05) is 35.1 Å². The molecule has 3 rings (SSSR count). The van der Waals surface area contributed by atoms with E-state index in [2.05, 4.69) is 24.0 Å². The highest BCUT2D eigenvalue weighted by Gasteiger charge is 2.23. The first-order valence-corrected chi connectivity index (χ1v) is 9.73. The Hall–Kier alpha value is -3.32. The number of carbonyl (C=O) groups excluding carboxylic acids is 2. The molecule has 1 N–H and O–H groups in total. The summed E-state index contributed by atoms with van der Waals surface area (Å²) in [6.07, 6.45) is 5.92. The Balaban J connectivity index is 1.86. The highest BCUT2D eigenvalue weighted by molar-refractivity contribution is 5.97. The molecule has 0 spiro atoms. The summed E-state index contributed by atoms with van der Waals surface area (Å²) in [5.41, 5.74) is 1.94. The Morgan fingerprint density at radius 2 is 1.70 bits per heavy atom. The summed E-state index contributed by atoms with van der Waals surface area (Å²) in [6, 6.07) is 7.68. The second-order valence-corrected chi connectivity index (χ2v) is 6.57. The first kappa shape index (κ1) is 21.4. The fourth-order valence-electron chi connectivity index (χ4n) is 3.31. The number of hydrogen-bond donors (Lipinski definition) is 1. The van der Waals surface area contributed by atoms with Crippen LogP contribution in [0.1, 0.15) is 11.1 Å². The van der Waals surface area contributed by atoms with E-state index in [-0.39, 0.29) is 13.2 Å². The van der Waals surface area contributed by atoms with Gasteiger partial charge in [0.15, 0.2) is 0 Å². The van der Waals surface area contributed by atoms with Crippen LogP contribution in [0.2, 0.25) is 0 Å². The molecule has 0 aromatic heterocycles. The molecule has 2 aromatic rings. The van der Waals surface area contributed by atoms with E-state index < -0.39 is 12.1 Å². The Kier molecular flexibility index (Phi) is 7.45. The van der Waals surface area contributed by atoms with E-state index in [0.29, 0.717) is 31.8 Å². The quantitative estimate of drug-likeness (QED) is 0.295. The minimum absolute atomic E-state index is 0.0355. The van der Waals surface area contributed by atoms with E-state index in [1.807, 2.05) is 24.3 Å². The minimum Gasteiger partial charge on any atom is -0.490 e. The van der Waals surface area contributed by atoms with Gasteiger partial charge in [-0.15, -0.1) is 0 Å². The molecule has 158 valence electrons. The van der Waals surface area contributed by atoms with E-state index in [1.54, 1.807) is 7.11 Å². The Morgan fingerprint density at radius 3 is 2.37 bits per heavy atom. The zero-order valence-corrected chi connectivity index (χ0v) is 16.9. The maximum absolute atomic E-state index is 12.4. The van der Waals surface area contributed by atoms with Gasteiger partial charge < -0.3 is 24.3 Å². The van der Waals surface area contributed by atoms with Crippen LogP contribution < -0.4 is 14.8 Å². The largest absolute Gasteiger partial charge is 0.490 e. The van der Waals surface area contributed by atoms with Gasteiger partial charge in [-0.2, -0.15) is 0 Å². The summed E-state index contributed by atoms with van der Waals surface area (Å²) in [5, 5.41) is 4.28. The number of benzene rings is 2. The fourth-order valence-corrected chi connectivity index (χ4v) is 3.31. The Morgan fingerprint density at radius 1 is 1.03 bits per heavy atom. The van der Waals surface area contributed by atoms with E-state index in [0.717, 1.165) is 33.7 Å². The third-order valence-electron chi connectivity index (χ3n) is 4.65.